The van der Waals surface area contributed by atoms with Crippen molar-refractivity contribution in [2.24, 2.45) is 5.92 Å². The molecule has 0 amide bonds. The molecule has 2 atom stereocenters. The Morgan fingerprint density at radius 3 is 2.44 bits per heavy atom. The first kappa shape index (κ1) is 14.0. The van der Waals surface area contributed by atoms with Crippen molar-refractivity contribution in [1.82, 2.24) is 5.32 Å². The largest absolute Gasteiger partial charge is 0.385 e. The van der Waals surface area contributed by atoms with Gasteiger partial charge in [0.25, 0.3) is 0 Å². The van der Waals surface area contributed by atoms with Gasteiger partial charge < -0.3 is 10.1 Å². The molecule has 0 aromatic carbocycles. The molecule has 1 aliphatic carbocycles. The van der Waals surface area contributed by atoms with E-state index in [1.165, 1.54) is 38.5 Å². The number of hydrogen-bond donors (Lipinski definition) is 1. The van der Waals surface area contributed by atoms with E-state index in [-0.39, 0.29) is 0 Å². The van der Waals surface area contributed by atoms with Gasteiger partial charge in [0.2, 0.25) is 0 Å². The number of hydrogen-bond acceptors (Lipinski definition) is 2. The van der Waals surface area contributed by atoms with Crippen LogP contribution in [-0.4, -0.2) is 25.8 Å². The number of nitrogens with one attached hydrogen (secondary N) is 1. The molecule has 96 valence electrons. The van der Waals surface area contributed by atoms with Gasteiger partial charge in [0.1, 0.15) is 0 Å². The summed E-state index contributed by atoms with van der Waals surface area (Å²) in [4.78, 5) is 0. The lowest BCUT2D eigenvalue weighted by molar-refractivity contribution is 0.181. The third-order valence-corrected chi connectivity index (χ3v) is 3.74. The summed E-state index contributed by atoms with van der Waals surface area (Å²) in [6.45, 7) is 5.46. The maximum atomic E-state index is 5.10. The van der Waals surface area contributed by atoms with Gasteiger partial charge in [0, 0.05) is 25.8 Å². The Bertz CT molecular complexity index is 166. The summed E-state index contributed by atoms with van der Waals surface area (Å²) >= 11 is 0. The van der Waals surface area contributed by atoms with Gasteiger partial charge in [-0.25, -0.2) is 0 Å². The number of rotatable bonds is 7. The summed E-state index contributed by atoms with van der Waals surface area (Å²) in [5.74, 6) is 0.978. The van der Waals surface area contributed by atoms with Crippen LogP contribution in [0.15, 0.2) is 0 Å². The van der Waals surface area contributed by atoms with Crippen LogP contribution in [0.4, 0.5) is 0 Å². The zero-order chi connectivity index (χ0) is 11.8. The van der Waals surface area contributed by atoms with E-state index in [1.54, 1.807) is 7.11 Å². The van der Waals surface area contributed by atoms with Crippen molar-refractivity contribution in [1.29, 1.82) is 0 Å². The Morgan fingerprint density at radius 2 is 1.81 bits per heavy atom. The van der Waals surface area contributed by atoms with Crippen LogP contribution in [0.5, 0.6) is 0 Å². The van der Waals surface area contributed by atoms with Crippen molar-refractivity contribution in [2.75, 3.05) is 13.7 Å². The normalized spacial score (nSPS) is 21.9. The van der Waals surface area contributed by atoms with Crippen LogP contribution < -0.4 is 5.32 Å². The quantitative estimate of drug-likeness (QED) is 0.720. The van der Waals surface area contributed by atoms with Crippen molar-refractivity contribution in [2.45, 2.75) is 70.9 Å². The summed E-state index contributed by atoms with van der Waals surface area (Å²) in [7, 11) is 1.78. The molecule has 1 saturated carbocycles. The van der Waals surface area contributed by atoms with Crippen LogP contribution >= 0.6 is 0 Å². The standard InChI is InChI=1S/C14H29NO/c1-12(9-10-16-3)15-13(2)11-14-7-5-4-6-8-14/h12-15H,4-11H2,1-3H3. The SMILES string of the molecule is COCCC(C)NC(C)CC1CCCCC1. The molecular formula is C14H29NO. The molecule has 2 unspecified atom stereocenters. The van der Waals surface area contributed by atoms with Crippen LogP contribution in [0.1, 0.15) is 58.8 Å². The van der Waals surface area contributed by atoms with Crippen LogP contribution in [0.2, 0.25) is 0 Å². The fraction of sp³-hybridized carbons (Fsp3) is 1.00. The van der Waals surface area contributed by atoms with Crippen LogP contribution in [0.25, 0.3) is 0 Å². The summed E-state index contributed by atoms with van der Waals surface area (Å²) in [5, 5.41) is 3.68. The molecule has 0 bridgehead atoms. The topological polar surface area (TPSA) is 21.3 Å². The molecule has 16 heavy (non-hydrogen) atoms. The monoisotopic (exact) mass is 227 g/mol. The molecule has 0 heterocycles. The second-order valence-electron chi connectivity index (χ2n) is 5.49. The molecule has 1 N–H and O–H groups in total. The minimum absolute atomic E-state index is 0.582. The minimum atomic E-state index is 0.582. The lowest BCUT2D eigenvalue weighted by Crippen LogP contribution is -2.36. The van der Waals surface area contributed by atoms with E-state index in [4.69, 9.17) is 4.74 Å². The third-order valence-electron chi connectivity index (χ3n) is 3.74. The Balaban J connectivity index is 2.11. The van der Waals surface area contributed by atoms with Gasteiger partial charge in [-0.05, 0) is 32.6 Å². The highest BCUT2D eigenvalue weighted by molar-refractivity contribution is 4.74. The van der Waals surface area contributed by atoms with Crippen molar-refractivity contribution in [3.63, 3.8) is 0 Å². The lowest BCUT2D eigenvalue weighted by atomic mass is 9.85. The van der Waals surface area contributed by atoms with Crippen molar-refractivity contribution in [3.8, 4) is 0 Å². The maximum absolute atomic E-state index is 5.10. The molecule has 0 aromatic heterocycles. The van der Waals surface area contributed by atoms with E-state index in [2.05, 4.69) is 19.2 Å². The van der Waals surface area contributed by atoms with Crippen molar-refractivity contribution >= 4 is 0 Å². The van der Waals surface area contributed by atoms with E-state index in [0.29, 0.717) is 12.1 Å². The second-order valence-corrected chi connectivity index (χ2v) is 5.49. The molecule has 0 radical (unpaired) electrons. The summed E-state index contributed by atoms with van der Waals surface area (Å²) < 4.78 is 5.10. The molecule has 2 heteroatoms. The molecule has 0 spiro atoms. The predicted octanol–water partition coefficient (Wildman–Crippen LogP) is 3.36. The first-order chi connectivity index (χ1) is 7.72. The van der Waals surface area contributed by atoms with E-state index < -0.39 is 0 Å². The Labute approximate surface area is 101 Å². The third kappa shape index (κ3) is 5.86. The first-order valence-electron chi connectivity index (χ1n) is 6.97. The van der Waals surface area contributed by atoms with Crippen LogP contribution in [-0.2, 0) is 4.74 Å². The molecular weight excluding hydrogens is 198 g/mol. The predicted molar refractivity (Wildman–Crippen MR) is 69.7 cm³/mol. The molecule has 1 aliphatic rings. The van der Waals surface area contributed by atoms with Crippen molar-refractivity contribution < 1.29 is 4.74 Å². The highest BCUT2D eigenvalue weighted by Gasteiger charge is 2.17. The second kappa shape index (κ2) is 8.08. The van der Waals surface area contributed by atoms with Gasteiger partial charge in [0.05, 0.1) is 0 Å². The highest BCUT2D eigenvalue weighted by Crippen LogP contribution is 2.27. The van der Waals surface area contributed by atoms with Gasteiger partial charge in [-0.1, -0.05) is 32.1 Å². The van der Waals surface area contributed by atoms with Gasteiger partial charge >= 0.3 is 0 Å². The first-order valence-corrected chi connectivity index (χ1v) is 6.97. The summed E-state index contributed by atoms with van der Waals surface area (Å²) in [6, 6.07) is 1.24. The molecule has 0 aromatic rings. The van der Waals surface area contributed by atoms with E-state index in [1.807, 2.05) is 0 Å². The minimum Gasteiger partial charge on any atom is -0.385 e. The highest BCUT2D eigenvalue weighted by atomic mass is 16.5. The van der Waals surface area contributed by atoms with Gasteiger partial charge in [0.15, 0.2) is 0 Å². The number of methoxy groups -OCH3 is 1. The van der Waals surface area contributed by atoms with E-state index >= 15 is 0 Å². The molecule has 1 fully saturated rings. The Hall–Kier alpha value is -0.0800. The molecule has 1 rings (SSSR count). The zero-order valence-electron chi connectivity index (χ0n) is 11.3. The summed E-state index contributed by atoms with van der Waals surface area (Å²) in [6.07, 6.45) is 9.76. The smallest absolute Gasteiger partial charge is 0.0476 e. The van der Waals surface area contributed by atoms with Crippen LogP contribution in [0, 0.1) is 5.92 Å². The number of ether oxygens (including phenoxy) is 1. The Morgan fingerprint density at radius 1 is 1.12 bits per heavy atom. The van der Waals surface area contributed by atoms with Gasteiger partial charge in [-0.15, -0.1) is 0 Å². The van der Waals surface area contributed by atoms with Gasteiger partial charge in [-0.3, -0.25) is 0 Å². The fourth-order valence-electron chi connectivity index (χ4n) is 2.85. The average molecular weight is 227 g/mol. The molecule has 0 aliphatic heterocycles. The molecule has 2 nitrogen and oxygen atoms in total. The Kier molecular flexibility index (Phi) is 7.06. The van der Waals surface area contributed by atoms with E-state index in [9.17, 15) is 0 Å². The fourth-order valence-corrected chi connectivity index (χ4v) is 2.85. The molecule has 0 saturated heterocycles. The average Bonchev–Trinajstić information content (AvgIpc) is 2.27. The maximum Gasteiger partial charge on any atom is 0.0476 e. The van der Waals surface area contributed by atoms with Crippen molar-refractivity contribution in [3.05, 3.63) is 0 Å². The van der Waals surface area contributed by atoms with E-state index in [0.717, 1.165) is 18.9 Å². The van der Waals surface area contributed by atoms with Gasteiger partial charge in [-0.2, -0.15) is 0 Å². The lowest BCUT2D eigenvalue weighted by Gasteiger charge is -2.27. The zero-order valence-corrected chi connectivity index (χ0v) is 11.3. The summed E-state index contributed by atoms with van der Waals surface area (Å²) in [5.41, 5.74) is 0. The van der Waals surface area contributed by atoms with Crippen LogP contribution in [0.3, 0.4) is 0 Å².